The standard InChI is InChI=1S/C14H12F2N2O/c15-12-4-11(5-13(16)7-12)9-19-14-3-1-2-10(6-14)8-18-17/h1-8H,9,17H2. The van der Waals surface area contributed by atoms with Gasteiger partial charge < -0.3 is 10.6 Å². The van der Waals surface area contributed by atoms with Crippen LogP contribution in [0.15, 0.2) is 47.6 Å². The minimum Gasteiger partial charge on any atom is -0.489 e. The highest BCUT2D eigenvalue weighted by atomic mass is 19.1. The molecule has 0 unspecified atom stereocenters. The first kappa shape index (κ1) is 13.0. The Morgan fingerprint density at radius 3 is 2.53 bits per heavy atom. The first-order valence-electron chi connectivity index (χ1n) is 5.58. The second-order valence-corrected chi connectivity index (χ2v) is 3.92. The third-order valence-electron chi connectivity index (χ3n) is 2.41. The van der Waals surface area contributed by atoms with Crippen LogP contribution in [0.5, 0.6) is 5.75 Å². The summed E-state index contributed by atoms with van der Waals surface area (Å²) in [4.78, 5) is 0. The van der Waals surface area contributed by atoms with E-state index in [-0.39, 0.29) is 6.61 Å². The molecule has 2 aromatic carbocycles. The maximum absolute atomic E-state index is 13.0. The summed E-state index contributed by atoms with van der Waals surface area (Å²) >= 11 is 0. The van der Waals surface area contributed by atoms with E-state index in [9.17, 15) is 8.78 Å². The van der Waals surface area contributed by atoms with Crippen LogP contribution in [0, 0.1) is 11.6 Å². The Kier molecular flexibility index (Phi) is 4.07. The fraction of sp³-hybridized carbons (Fsp3) is 0.0714. The number of halogens is 2. The SMILES string of the molecule is NN=Cc1cccc(OCc2cc(F)cc(F)c2)c1. The van der Waals surface area contributed by atoms with Gasteiger partial charge in [0.25, 0.3) is 0 Å². The molecule has 0 radical (unpaired) electrons. The molecule has 0 bridgehead atoms. The van der Waals surface area contributed by atoms with E-state index >= 15 is 0 Å². The van der Waals surface area contributed by atoms with E-state index in [1.807, 2.05) is 6.07 Å². The maximum atomic E-state index is 13.0. The van der Waals surface area contributed by atoms with E-state index in [2.05, 4.69) is 5.10 Å². The molecule has 3 nitrogen and oxygen atoms in total. The largest absolute Gasteiger partial charge is 0.489 e. The number of rotatable bonds is 4. The molecule has 0 aromatic heterocycles. The number of nitrogens with zero attached hydrogens (tertiary/aromatic N) is 1. The van der Waals surface area contributed by atoms with Crippen LogP contribution in [0.2, 0.25) is 0 Å². The van der Waals surface area contributed by atoms with Gasteiger partial charge >= 0.3 is 0 Å². The first-order chi connectivity index (χ1) is 9.17. The molecule has 5 heteroatoms. The Morgan fingerprint density at radius 1 is 1.11 bits per heavy atom. The zero-order chi connectivity index (χ0) is 13.7. The highest BCUT2D eigenvalue weighted by molar-refractivity contribution is 5.79. The molecule has 19 heavy (non-hydrogen) atoms. The van der Waals surface area contributed by atoms with Gasteiger partial charge in [0.1, 0.15) is 24.0 Å². The number of hydrogen-bond donors (Lipinski definition) is 1. The molecule has 2 N–H and O–H groups in total. The van der Waals surface area contributed by atoms with Crippen LogP contribution in [0.3, 0.4) is 0 Å². The molecule has 2 rings (SSSR count). The van der Waals surface area contributed by atoms with Gasteiger partial charge in [0.2, 0.25) is 0 Å². The summed E-state index contributed by atoms with van der Waals surface area (Å²) in [5.41, 5.74) is 1.21. The van der Waals surface area contributed by atoms with Crippen LogP contribution in [0.1, 0.15) is 11.1 Å². The molecule has 98 valence electrons. The van der Waals surface area contributed by atoms with Gasteiger partial charge in [-0.15, -0.1) is 0 Å². The number of nitrogens with two attached hydrogens (primary N) is 1. The highest BCUT2D eigenvalue weighted by Gasteiger charge is 2.02. The van der Waals surface area contributed by atoms with Crippen molar-refractivity contribution in [3.05, 3.63) is 65.2 Å². The van der Waals surface area contributed by atoms with Crippen molar-refractivity contribution in [1.29, 1.82) is 0 Å². The molecule has 0 amide bonds. The summed E-state index contributed by atoms with van der Waals surface area (Å²) in [5.74, 6) is 4.38. The van der Waals surface area contributed by atoms with Crippen molar-refractivity contribution >= 4 is 6.21 Å². The van der Waals surface area contributed by atoms with Gasteiger partial charge in [-0.2, -0.15) is 5.10 Å². The maximum Gasteiger partial charge on any atom is 0.126 e. The Labute approximate surface area is 109 Å². The summed E-state index contributed by atoms with van der Waals surface area (Å²) in [6.45, 7) is 0.0813. The molecule has 0 saturated carbocycles. The molecule has 0 aliphatic heterocycles. The van der Waals surface area contributed by atoms with Gasteiger partial charge in [-0.3, -0.25) is 0 Å². The second kappa shape index (κ2) is 5.95. The topological polar surface area (TPSA) is 47.6 Å². The van der Waals surface area contributed by atoms with E-state index in [4.69, 9.17) is 10.6 Å². The Bertz CT molecular complexity index is 579. The van der Waals surface area contributed by atoms with Crippen molar-refractivity contribution in [2.75, 3.05) is 0 Å². The van der Waals surface area contributed by atoms with Crippen LogP contribution in [0.25, 0.3) is 0 Å². The number of hydrogen-bond acceptors (Lipinski definition) is 3. The summed E-state index contributed by atoms with van der Waals surface area (Å²) in [5, 5.41) is 3.41. The molecule has 0 heterocycles. The lowest BCUT2D eigenvalue weighted by Gasteiger charge is -2.07. The summed E-state index contributed by atoms with van der Waals surface area (Å²) in [6, 6.07) is 10.3. The zero-order valence-corrected chi connectivity index (χ0v) is 10.0. The van der Waals surface area contributed by atoms with Crippen molar-refractivity contribution in [3.63, 3.8) is 0 Å². The number of hydrazone groups is 1. The van der Waals surface area contributed by atoms with Gasteiger partial charge in [0.15, 0.2) is 0 Å². The van der Waals surface area contributed by atoms with E-state index in [0.29, 0.717) is 11.3 Å². The van der Waals surface area contributed by atoms with Gasteiger partial charge in [-0.05, 0) is 35.4 Å². The molecule has 0 spiro atoms. The number of ether oxygens (including phenoxy) is 1. The van der Waals surface area contributed by atoms with E-state index in [0.717, 1.165) is 11.6 Å². The van der Waals surface area contributed by atoms with E-state index in [1.54, 1.807) is 18.2 Å². The predicted octanol–water partition coefficient (Wildman–Crippen LogP) is 2.84. The van der Waals surface area contributed by atoms with E-state index in [1.165, 1.54) is 18.3 Å². The van der Waals surface area contributed by atoms with Crippen molar-refractivity contribution in [1.82, 2.24) is 0 Å². The number of benzene rings is 2. The second-order valence-electron chi connectivity index (χ2n) is 3.92. The van der Waals surface area contributed by atoms with Crippen molar-refractivity contribution in [2.45, 2.75) is 6.61 Å². The van der Waals surface area contributed by atoms with Crippen LogP contribution in [-0.2, 0) is 6.61 Å². The van der Waals surface area contributed by atoms with Gasteiger partial charge in [-0.1, -0.05) is 12.1 Å². The smallest absolute Gasteiger partial charge is 0.126 e. The van der Waals surface area contributed by atoms with Crippen LogP contribution < -0.4 is 10.6 Å². The van der Waals surface area contributed by atoms with Crippen molar-refractivity contribution < 1.29 is 13.5 Å². The fourth-order valence-electron chi connectivity index (χ4n) is 1.63. The molecular formula is C14H12F2N2O. The van der Waals surface area contributed by atoms with Crippen LogP contribution in [0.4, 0.5) is 8.78 Å². The quantitative estimate of drug-likeness (QED) is 0.523. The summed E-state index contributed by atoms with van der Waals surface area (Å²) in [7, 11) is 0. The molecule has 0 atom stereocenters. The monoisotopic (exact) mass is 262 g/mol. The minimum absolute atomic E-state index is 0.0813. The average Bonchev–Trinajstić information content (AvgIpc) is 2.36. The third kappa shape index (κ3) is 3.77. The summed E-state index contributed by atoms with van der Waals surface area (Å²) < 4.78 is 31.4. The Morgan fingerprint density at radius 2 is 1.84 bits per heavy atom. The van der Waals surface area contributed by atoms with Crippen LogP contribution in [-0.4, -0.2) is 6.21 Å². The van der Waals surface area contributed by atoms with Crippen molar-refractivity contribution in [2.24, 2.45) is 10.9 Å². The average molecular weight is 262 g/mol. The molecular weight excluding hydrogens is 250 g/mol. The summed E-state index contributed by atoms with van der Waals surface area (Å²) in [6.07, 6.45) is 1.48. The molecule has 0 fully saturated rings. The van der Waals surface area contributed by atoms with Crippen LogP contribution >= 0.6 is 0 Å². The Hall–Kier alpha value is -2.43. The molecule has 0 aliphatic carbocycles. The zero-order valence-electron chi connectivity index (χ0n) is 10.0. The van der Waals surface area contributed by atoms with Gasteiger partial charge in [-0.25, -0.2) is 8.78 Å². The van der Waals surface area contributed by atoms with Gasteiger partial charge in [0.05, 0.1) is 6.21 Å². The molecule has 2 aromatic rings. The third-order valence-corrected chi connectivity index (χ3v) is 2.41. The van der Waals surface area contributed by atoms with Crippen molar-refractivity contribution in [3.8, 4) is 5.75 Å². The fourth-order valence-corrected chi connectivity index (χ4v) is 1.63. The first-order valence-corrected chi connectivity index (χ1v) is 5.58. The Balaban J connectivity index is 2.07. The van der Waals surface area contributed by atoms with Gasteiger partial charge in [0, 0.05) is 6.07 Å². The lowest BCUT2D eigenvalue weighted by atomic mass is 10.2. The normalized spacial score (nSPS) is 10.8. The predicted molar refractivity (Wildman–Crippen MR) is 68.9 cm³/mol. The lowest BCUT2D eigenvalue weighted by molar-refractivity contribution is 0.305. The minimum atomic E-state index is -0.623. The lowest BCUT2D eigenvalue weighted by Crippen LogP contribution is -1.97. The molecule has 0 aliphatic rings. The van der Waals surface area contributed by atoms with E-state index < -0.39 is 11.6 Å². The highest BCUT2D eigenvalue weighted by Crippen LogP contribution is 2.15. The molecule has 0 saturated heterocycles.